The Labute approximate surface area is 333 Å². The average molecular weight is 821 g/mol. The van der Waals surface area contributed by atoms with Crippen molar-refractivity contribution in [3.63, 3.8) is 0 Å². The number of carbonyl (C=O) groups is 4. The van der Waals surface area contributed by atoms with Crippen molar-refractivity contribution < 1.29 is 50.3 Å². The molecule has 5 atom stereocenters. The predicted molar refractivity (Wildman–Crippen MR) is 206 cm³/mol. The highest BCUT2D eigenvalue weighted by molar-refractivity contribution is 7.91. The summed E-state index contributed by atoms with van der Waals surface area (Å²) in [5.74, 6) is -2.76. The number of fused-ring (bicyclic) bond motifs is 5. The Kier molecular flexibility index (Phi) is 10.2. The van der Waals surface area contributed by atoms with Crippen LogP contribution in [-0.4, -0.2) is 88.2 Å². The first-order valence-electron chi connectivity index (χ1n) is 19.6. The van der Waals surface area contributed by atoms with Crippen LogP contribution in [0.1, 0.15) is 78.6 Å². The fraction of sp³-hybridized carbons (Fsp3) is 0.500. The summed E-state index contributed by atoms with van der Waals surface area (Å²) >= 11 is 0. The number of benzene rings is 1. The molecule has 2 aliphatic heterocycles. The van der Waals surface area contributed by atoms with Gasteiger partial charge in [0.25, 0.3) is 11.8 Å². The molecule has 2 aliphatic carbocycles. The summed E-state index contributed by atoms with van der Waals surface area (Å²) in [6, 6.07) is 4.96. The lowest BCUT2D eigenvalue weighted by atomic mass is 10.0. The van der Waals surface area contributed by atoms with Gasteiger partial charge in [0.15, 0.2) is 11.6 Å². The maximum atomic E-state index is 14.6. The number of carbonyl (C=O) groups excluding carboxylic acids is 4. The van der Waals surface area contributed by atoms with Gasteiger partial charge in [0.2, 0.25) is 27.4 Å². The van der Waals surface area contributed by atoms with Crippen molar-refractivity contribution in [3.8, 4) is 17.5 Å². The van der Waals surface area contributed by atoms with Crippen molar-refractivity contribution in [2.45, 2.75) is 113 Å². The average Bonchev–Trinajstić information content (AvgIpc) is 3.95. The number of halogens is 1. The molecular weight excluding hydrogens is 776 g/mol. The summed E-state index contributed by atoms with van der Waals surface area (Å²) in [6.45, 7) is 4.95. The smallest absolute Gasteiger partial charge is 0.408 e. The molecule has 16 nitrogen and oxygen atoms in total. The first kappa shape index (κ1) is 39.3. The quantitative estimate of drug-likeness (QED) is 0.210. The molecular formula is C40H45FN6O10S. The van der Waals surface area contributed by atoms with Gasteiger partial charge in [0.1, 0.15) is 46.2 Å². The minimum Gasteiger partial charge on any atom is -0.470 e. The molecule has 0 radical (unpaired) electrons. The van der Waals surface area contributed by atoms with Gasteiger partial charge in [-0.3, -0.25) is 19.1 Å². The van der Waals surface area contributed by atoms with Crippen LogP contribution in [0.5, 0.6) is 5.88 Å². The van der Waals surface area contributed by atoms with Crippen LogP contribution < -0.4 is 20.1 Å². The summed E-state index contributed by atoms with van der Waals surface area (Å²) in [5, 5.41) is 5.25. The number of alkyl carbamates (subject to hydrolysis) is 1. The Morgan fingerprint density at radius 1 is 1.09 bits per heavy atom. The van der Waals surface area contributed by atoms with Crippen LogP contribution in [0.3, 0.4) is 0 Å². The molecule has 4 aliphatic rings. The highest BCUT2D eigenvalue weighted by Crippen LogP contribution is 2.46. The van der Waals surface area contributed by atoms with Gasteiger partial charge in [0, 0.05) is 17.7 Å². The van der Waals surface area contributed by atoms with Crippen LogP contribution in [0.25, 0.3) is 33.7 Å². The van der Waals surface area contributed by atoms with Crippen LogP contribution >= 0.6 is 0 Å². The molecule has 0 unspecified atom stereocenters. The van der Waals surface area contributed by atoms with Gasteiger partial charge in [-0.15, -0.1) is 0 Å². The van der Waals surface area contributed by atoms with Crippen LogP contribution in [0.4, 0.5) is 9.18 Å². The number of nitrogens with one attached hydrogen (secondary N) is 3. The predicted octanol–water partition coefficient (Wildman–Crippen LogP) is 5.02. The van der Waals surface area contributed by atoms with Crippen molar-refractivity contribution in [3.05, 3.63) is 54.6 Å². The Morgan fingerprint density at radius 3 is 2.64 bits per heavy atom. The van der Waals surface area contributed by atoms with Crippen LogP contribution in [0.2, 0.25) is 0 Å². The van der Waals surface area contributed by atoms with Gasteiger partial charge < -0.3 is 33.8 Å². The maximum Gasteiger partial charge on any atom is 0.408 e. The number of aromatic nitrogens is 2. The molecule has 2 saturated carbocycles. The van der Waals surface area contributed by atoms with Gasteiger partial charge >= 0.3 is 6.09 Å². The van der Waals surface area contributed by atoms with Crippen molar-refractivity contribution in [2.75, 3.05) is 6.54 Å². The summed E-state index contributed by atoms with van der Waals surface area (Å²) in [4.78, 5) is 66.5. The van der Waals surface area contributed by atoms with Crippen molar-refractivity contribution >= 4 is 55.9 Å². The Bertz CT molecular complexity index is 2410. The maximum absolute atomic E-state index is 14.6. The van der Waals surface area contributed by atoms with E-state index in [1.165, 1.54) is 29.4 Å². The number of nitrogens with zero attached hydrogens (tertiary/aromatic N) is 3. The number of amides is 4. The number of sulfonamides is 1. The summed E-state index contributed by atoms with van der Waals surface area (Å²) in [6.07, 6.45) is 7.39. The highest BCUT2D eigenvalue weighted by atomic mass is 32.2. The minimum atomic E-state index is -3.94. The molecule has 18 heteroatoms. The van der Waals surface area contributed by atoms with E-state index in [9.17, 15) is 32.0 Å². The van der Waals surface area contributed by atoms with E-state index in [2.05, 4.69) is 25.3 Å². The topological polar surface area (TPSA) is 212 Å². The van der Waals surface area contributed by atoms with Gasteiger partial charge in [-0.1, -0.05) is 25.0 Å². The number of allylic oxidation sites excluding steroid dienone is 1. The zero-order valence-electron chi connectivity index (χ0n) is 32.3. The molecule has 5 heterocycles. The molecule has 3 fully saturated rings. The van der Waals surface area contributed by atoms with Crippen LogP contribution in [0, 0.1) is 11.7 Å². The van der Waals surface area contributed by atoms with Crippen molar-refractivity contribution in [1.82, 2.24) is 30.2 Å². The Hall–Kier alpha value is -5.52. The number of ether oxygens (including phenoxy) is 2. The van der Waals surface area contributed by atoms with E-state index in [0.29, 0.717) is 42.4 Å². The normalized spacial score (nSPS) is 26.2. The monoisotopic (exact) mass is 820 g/mol. The fourth-order valence-corrected chi connectivity index (χ4v) is 9.01. The molecule has 308 valence electrons. The lowest BCUT2D eigenvalue weighted by Crippen LogP contribution is -2.58. The zero-order valence-corrected chi connectivity index (χ0v) is 33.1. The molecule has 3 aromatic heterocycles. The van der Waals surface area contributed by atoms with Gasteiger partial charge in [-0.25, -0.2) is 22.6 Å². The first-order chi connectivity index (χ1) is 27.6. The summed E-state index contributed by atoms with van der Waals surface area (Å²) in [7, 11) is -3.94. The second-order valence-electron chi connectivity index (χ2n) is 16.4. The van der Waals surface area contributed by atoms with Crippen molar-refractivity contribution in [1.29, 1.82) is 0 Å². The number of hydrogen-bond donors (Lipinski definition) is 3. The van der Waals surface area contributed by atoms with E-state index < -0.39 is 80.2 Å². The van der Waals surface area contributed by atoms with E-state index in [-0.39, 0.29) is 48.6 Å². The SMILES string of the molecule is CC(C)(C)OC(=O)N[C@H]1CCCCC/C=C\[C@H]2C[C@@]2(C(=O)NS(=O)(=O)C2CC2)NC(=O)[C@@H]2C[C@@H](Oc3nc(-c4ccco4)nc4c3oc3ccc(F)cc34)CN2C1=O. The Balaban J connectivity index is 1.14. The van der Waals surface area contributed by atoms with Crippen molar-refractivity contribution in [2.24, 2.45) is 5.92 Å². The van der Waals surface area contributed by atoms with E-state index in [0.717, 1.165) is 12.8 Å². The third-order valence-electron chi connectivity index (χ3n) is 10.8. The summed E-state index contributed by atoms with van der Waals surface area (Å²) < 4.78 is 66.0. The van der Waals surface area contributed by atoms with Gasteiger partial charge in [-0.05, 0) is 89.6 Å². The molecule has 1 saturated heterocycles. The fourth-order valence-electron chi connectivity index (χ4n) is 7.64. The molecule has 4 aromatic rings. The first-order valence-corrected chi connectivity index (χ1v) is 21.1. The largest absolute Gasteiger partial charge is 0.470 e. The number of rotatable bonds is 7. The van der Waals surface area contributed by atoms with E-state index in [4.69, 9.17) is 18.3 Å². The molecule has 8 rings (SSSR count). The molecule has 58 heavy (non-hydrogen) atoms. The van der Waals surface area contributed by atoms with E-state index in [1.807, 2.05) is 12.2 Å². The molecule has 4 amide bonds. The van der Waals surface area contributed by atoms with Crippen LogP contribution in [0.15, 0.2) is 57.6 Å². The third kappa shape index (κ3) is 8.11. The molecule has 0 bridgehead atoms. The highest BCUT2D eigenvalue weighted by Gasteiger charge is 2.62. The Morgan fingerprint density at radius 2 is 1.90 bits per heavy atom. The standard InChI is InChI=1S/C40H45FN6O10S/c1-39(2,3)57-38(51)42-27-11-8-6-4-5-7-10-22-20-40(22,37(50)46-58(52,53)25-14-15-25)45-34(48)28-19-24(21-47(28)36(27)49)55-35-32-31(26-18-23(41)13-16-29(26)56-32)43-33(44-35)30-12-9-17-54-30/h7,9-10,12-13,16-18,22,24-25,27-28H,4-6,8,11,14-15,19-21H2,1-3H3,(H,42,51)(H,45,48)(H,46,50)/b10-7-/t22-,24+,27-,28-,40+/m0/s1. The lowest BCUT2D eigenvalue weighted by molar-refractivity contribution is -0.141. The molecule has 1 aromatic carbocycles. The third-order valence-corrected chi connectivity index (χ3v) is 12.6. The summed E-state index contributed by atoms with van der Waals surface area (Å²) in [5.41, 5.74) is -1.76. The van der Waals surface area contributed by atoms with E-state index in [1.54, 1.807) is 32.9 Å². The molecule has 0 spiro atoms. The lowest BCUT2D eigenvalue weighted by Gasteiger charge is -2.30. The van der Waals surface area contributed by atoms with E-state index >= 15 is 0 Å². The number of hydrogen-bond acceptors (Lipinski definition) is 12. The zero-order chi connectivity index (χ0) is 41.0. The molecule has 3 N–H and O–H groups in total. The van der Waals surface area contributed by atoms with Crippen LogP contribution in [-0.2, 0) is 29.1 Å². The second-order valence-corrected chi connectivity index (χ2v) is 18.4. The number of furan rings is 2. The van der Waals surface area contributed by atoms with Gasteiger partial charge in [-0.2, -0.15) is 4.98 Å². The second kappa shape index (κ2) is 15.0. The minimum absolute atomic E-state index is 0.0504. The van der Waals surface area contributed by atoms with Gasteiger partial charge in [0.05, 0.1) is 18.1 Å².